The van der Waals surface area contributed by atoms with Crippen LogP contribution >= 0.6 is 0 Å². The van der Waals surface area contributed by atoms with Crippen LogP contribution in [0.25, 0.3) is 0 Å². The molecule has 4 bridgehead atoms. The first kappa shape index (κ1) is 16.5. The number of carbonyl (C=O) groups excluding carboxylic acids is 1. The quantitative estimate of drug-likeness (QED) is 0.868. The number of carbonyl (C=O) groups is 1. The van der Waals surface area contributed by atoms with Crippen LogP contribution in [0, 0.1) is 23.2 Å². The second-order valence-corrected chi connectivity index (χ2v) is 8.83. The minimum absolute atomic E-state index is 0.0108. The van der Waals surface area contributed by atoms with Gasteiger partial charge in [0, 0.05) is 51.7 Å². The molecule has 26 heavy (non-hydrogen) atoms. The van der Waals surface area contributed by atoms with E-state index in [-0.39, 0.29) is 5.41 Å². The monoisotopic (exact) mass is 355 g/mol. The maximum Gasteiger partial charge on any atom is 0.226 e. The number of hydrogen-bond donors (Lipinski definition) is 1. The summed E-state index contributed by atoms with van der Waals surface area (Å²) in [5.74, 6) is 3.55. The van der Waals surface area contributed by atoms with Crippen molar-refractivity contribution in [2.24, 2.45) is 23.2 Å². The molecule has 4 atom stereocenters. The van der Waals surface area contributed by atoms with E-state index in [9.17, 15) is 4.79 Å². The lowest BCUT2D eigenvalue weighted by atomic mass is 9.75. The van der Waals surface area contributed by atoms with Gasteiger partial charge in [-0.25, -0.2) is 9.97 Å². The molecule has 6 nitrogen and oxygen atoms in total. The second kappa shape index (κ2) is 6.48. The zero-order valence-electron chi connectivity index (χ0n) is 15.4. The lowest BCUT2D eigenvalue weighted by Crippen LogP contribution is -2.50. The maximum absolute atomic E-state index is 12.9. The van der Waals surface area contributed by atoms with Crippen molar-refractivity contribution in [3.05, 3.63) is 18.5 Å². The molecule has 1 aliphatic heterocycles. The summed E-state index contributed by atoms with van der Waals surface area (Å²) >= 11 is 0. The van der Waals surface area contributed by atoms with Crippen molar-refractivity contribution in [2.75, 3.05) is 44.2 Å². The molecular weight excluding hydrogens is 326 g/mol. The molecule has 0 aromatic carbocycles. The highest BCUT2D eigenvalue weighted by atomic mass is 16.2. The predicted octanol–water partition coefficient (Wildman–Crippen LogP) is 1.54. The van der Waals surface area contributed by atoms with Gasteiger partial charge >= 0.3 is 0 Å². The third kappa shape index (κ3) is 2.79. The Kier molecular flexibility index (Phi) is 4.11. The Morgan fingerprint density at radius 1 is 1.08 bits per heavy atom. The van der Waals surface area contributed by atoms with Crippen LogP contribution in [0.5, 0.6) is 0 Å². The number of amides is 1. The van der Waals surface area contributed by atoms with E-state index in [0.29, 0.717) is 11.8 Å². The first-order chi connectivity index (χ1) is 12.7. The Labute approximate surface area is 155 Å². The minimum atomic E-state index is 0.0108. The van der Waals surface area contributed by atoms with Crippen molar-refractivity contribution in [3.8, 4) is 0 Å². The molecule has 0 spiro atoms. The van der Waals surface area contributed by atoms with Crippen molar-refractivity contribution in [1.29, 1.82) is 0 Å². The molecule has 6 heteroatoms. The predicted molar refractivity (Wildman–Crippen MR) is 99.7 cm³/mol. The van der Waals surface area contributed by atoms with E-state index in [2.05, 4.69) is 25.1 Å². The average molecular weight is 355 g/mol. The number of hydrogen-bond acceptors (Lipinski definition) is 5. The van der Waals surface area contributed by atoms with E-state index in [1.165, 1.54) is 19.3 Å². The zero-order valence-corrected chi connectivity index (χ0v) is 15.4. The van der Waals surface area contributed by atoms with Crippen molar-refractivity contribution in [2.45, 2.75) is 32.1 Å². The summed E-state index contributed by atoms with van der Waals surface area (Å²) in [5.41, 5.74) is 0.0108. The molecule has 1 N–H and O–H groups in total. The lowest BCUT2D eigenvalue weighted by molar-refractivity contribution is -0.132. The Bertz CT molecular complexity index is 643. The van der Waals surface area contributed by atoms with Crippen LogP contribution < -0.4 is 10.2 Å². The van der Waals surface area contributed by atoms with Gasteiger partial charge in [-0.2, -0.15) is 0 Å². The van der Waals surface area contributed by atoms with E-state index >= 15 is 0 Å². The number of nitrogens with one attached hydrogen (secondary N) is 1. The minimum Gasteiger partial charge on any atom is -0.354 e. The van der Waals surface area contributed by atoms with Gasteiger partial charge in [-0.15, -0.1) is 0 Å². The first-order valence-electron chi connectivity index (χ1n) is 10.3. The summed E-state index contributed by atoms with van der Waals surface area (Å²) in [4.78, 5) is 26.3. The summed E-state index contributed by atoms with van der Waals surface area (Å²) in [6.07, 6.45) is 9.94. The van der Waals surface area contributed by atoms with Crippen LogP contribution in [-0.2, 0) is 4.79 Å². The van der Waals surface area contributed by atoms with Gasteiger partial charge in [0.1, 0.15) is 0 Å². The molecular formula is C20H29N5O. The summed E-state index contributed by atoms with van der Waals surface area (Å²) in [5, 5.41) is 3.30. The highest BCUT2D eigenvalue weighted by molar-refractivity contribution is 5.84. The fourth-order valence-electron chi connectivity index (χ4n) is 6.30. The van der Waals surface area contributed by atoms with E-state index < -0.39 is 0 Å². The highest BCUT2D eigenvalue weighted by Gasteiger charge is 2.61. The molecule has 1 aromatic heterocycles. The van der Waals surface area contributed by atoms with E-state index in [1.807, 2.05) is 6.07 Å². The fraction of sp³-hybridized carbons (Fsp3) is 0.750. The molecule has 1 aromatic rings. The number of anilines is 1. The average Bonchev–Trinajstić information content (AvgIpc) is 3.08. The molecule has 4 aliphatic carbocycles. The van der Waals surface area contributed by atoms with Crippen LogP contribution in [0.1, 0.15) is 32.1 Å². The molecule has 140 valence electrons. The Morgan fingerprint density at radius 3 is 2.46 bits per heavy atom. The lowest BCUT2D eigenvalue weighted by Gasteiger charge is -2.35. The summed E-state index contributed by atoms with van der Waals surface area (Å²) in [6.45, 7) is 5.64. The first-order valence-corrected chi connectivity index (χ1v) is 10.3. The third-order valence-electron chi connectivity index (χ3n) is 7.36. The zero-order chi connectivity index (χ0) is 17.6. The van der Waals surface area contributed by atoms with Gasteiger partial charge in [0.15, 0.2) is 0 Å². The summed E-state index contributed by atoms with van der Waals surface area (Å²) in [6, 6.07) is 1.85. The number of piperazine rings is 1. The van der Waals surface area contributed by atoms with E-state index in [4.69, 9.17) is 0 Å². The van der Waals surface area contributed by atoms with Crippen LogP contribution in [0.4, 0.5) is 5.95 Å². The Hall–Kier alpha value is -1.69. The standard InChI is InChI=1S/C20H29N5O/c26-18(20-13-15-10-16(14-20)12-17(20)11-15)21-4-5-24-6-8-25(9-7-24)19-22-2-1-3-23-19/h1-3,15-17H,4-14H2,(H,21,26)/t15-,16?,17?,20?/m0/s1. The van der Waals surface area contributed by atoms with E-state index in [1.54, 1.807) is 12.4 Å². The molecule has 6 rings (SSSR count). The van der Waals surface area contributed by atoms with Crippen LogP contribution in [0.2, 0.25) is 0 Å². The van der Waals surface area contributed by atoms with Gasteiger partial charge in [-0.3, -0.25) is 9.69 Å². The molecule has 5 aliphatic rings. The largest absolute Gasteiger partial charge is 0.354 e. The molecule has 1 saturated heterocycles. The normalized spacial score (nSPS) is 35.8. The van der Waals surface area contributed by atoms with Crippen molar-refractivity contribution >= 4 is 11.9 Å². The van der Waals surface area contributed by atoms with Gasteiger partial charge in [0.25, 0.3) is 0 Å². The van der Waals surface area contributed by atoms with E-state index in [0.717, 1.165) is 69.9 Å². The second-order valence-electron chi connectivity index (χ2n) is 8.83. The third-order valence-corrected chi connectivity index (χ3v) is 7.36. The Balaban J connectivity index is 1.08. The van der Waals surface area contributed by atoms with Gasteiger partial charge < -0.3 is 10.2 Å². The topological polar surface area (TPSA) is 61.4 Å². The van der Waals surface area contributed by atoms with Gasteiger partial charge in [-0.1, -0.05) is 0 Å². The van der Waals surface area contributed by atoms with Crippen molar-refractivity contribution < 1.29 is 4.79 Å². The summed E-state index contributed by atoms with van der Waals surface area (Å²) < 4.78 is 0. The van der Waals surface area contributed by atoms with Crippen LogP contribution in [0.3, 0.4) is 0 Å². The molecule has 5 fully saturated rings. The summed E-state index contributed by atoms with van der Waals surface area (Å²) in [7, 11) is 0. The van der Waals surface area contributed by atoms with Crippen molar-refractivity contribution in [3.63, 3.8) is 0 Å². The SMILES string of the molecule is O=C(NCCN1CCN(c2ncccn2)CC1)C12CC3CC1C[C@H](C3)C2. The highest BCUT2D eigenvalue weighted by Crippen LogP contribution is 2.65. The Morgan fingerprint density at radius 2 is 1.77 bits per heavy atom. The maximum atomic E-state index is 12.9. The fourth-order valence-corrected chi connectivity index (χ4v) is 6.30. The number of rotatable bonds is 5. The van der Waals surface area contributed by atoms with Gasteiger partial charge in [0.2, 0.25) is 11.9 Å². The van der Waals surface area contributed by atoms with Crippen LogP contribution in [0.15, 0.2) is 18.5 Å². The van der Waals surface area contributed by atoms with Crippen molar-refractivity contribution in [1.82, 2.24) is 20.2 Å². The molecule has 1 amide bonds. The molecule has 2 heterocycles. The van der Waals surface area contributed by atoms with Crippen LogP contribution in [-0.4, -0.2) is 60.0 Å². The molecule has 4 saturated carbocycles. The number of aromatic nitrogens is 2. The number of nitrogens with zero attached hydrogens (tertiary/aromatic N) is 4. The molecule has 0 radical (unpaired) electrons. The molecule has 3 unspecified atom stereocenters. The van der Waals surface area contributed by atoms with Gasteiger partial charge in [-0.05, 0) is 55.9 Å². The van der Waals surface area contributed by atoms with Gasteiger partial charge in [0.05, 0.1) is 5.41 Å². The smallest absolute Gasteiger partial charge is 0.226 e.